The van der Waals surface area contributed by atoms with Crippen molar-refractivity contribution in [3.63, 3.8) is 0 Å². The van der Waals surface area contributed by atoms with Crippen LogP contribution in [0.1, 0.15) is 47.1 Å². The van der Waals surface area contributed by atoms with Crippen molar-refractivity contribution in [2.24, 2.45) is 0 Å². The molecule has 1 aliphatic carbocycles. The van der Waals surface area contributed by atoms with Gasteiger partial charge in [-0.25, -0.2) is 0 Å². The molecule has 2 aromatic carbocycles. The zero-order valence-corrected chi connectivity index (χ0v) is 14.1. The number of halogens is 2. The number of benzene rings is 2. The molecule has 21 heavy (non-hydrogen) atoms. The van der Waals surface area contributed by atoms with E-state index in [4.69, 9.17) is 23.2 Å². The van der Waals surface area contributed by atoms with Gasteiger partial charge in [-0.05, 0) is 78.5 Å². The van der Waals surface area contributed by atoms with Gasteiger partial charge in [0.05, 0.1) is 0 Å². The third-order valence-corrected chi connectivity index (χ3v) is 5.52. The molecule has 3 rings (SSSR count). The van der Waals surface area contributed by atoms with Crippen LogP contribution in [0.5, 0.6) is 0 Å². The Morgan fingerprint density at radius 1 is 1.05 bits per heavy atom. The van der Waals surface area contributed by atoms with Crippen molar-refractivity contribution < 1.29 is 0 Å². The average Bonchev–Trinajstić information content (AvgIpc) is 2.83. The fourth-order valence-corrected chi connectivity index (χ4v) is 4.02. The maximum Gasteiger partial charge on any atom is 0.0452 e. The normalized spacial score (nSPS) is 17.0. The third-order valence-electron chi connectivity index (χ3n) is 4.81. The van der Waals surface area contributed by atoms with Crippen molar-refractivity contribution in [2.75, 3.05) is 0 Å². The summed E-state index contributed by atoms with van der Waals surface area (Å²) in [6, 6.07) is 10.3. The highest BCUT2D eigenvalue weighted by Gasteiger charge is 2.21. The zero-order valence-electron chi connectivity index (χ0n) is 12.5. The summed E-state index contributed by atoms with van der Waals surface area (Å²) < 4.78 is 0. The molecule has 0 N–H and O–H groups in total. The highest BCUT2D eigenvalue weighted by molar-refractivity contribution is 6.35. The quantitative estimate of drug-likeness (QED) is 0.638. The second-order valence-electron chi connectivity index (χ2n) is 6.06. The van der Waals surface area contributed by atoms with Gasteiger partial charge in [-0.2, -0.15) is 0 Å². The van der Waals surface area contributed by atoms with Crippen LogP contribution in [0.3, 0.4) is 0 Å². The number of rotatable bonds is 3. The first kappa shape index (κ1) is 14.9. The Kier molecular flexibility index (Phi) is 4.28. The van der Waals surface area contributed by atoms with Gasteiger partial charge in [0.1, 0.15) is 0 Å². The van der Waals surface area contributed by atoms with Gasteiger partial charge >= 0.3 is 0 Å². The summed E-state index contributed by atoms with van der Waals surface area (Å²) in [7, 11) is 0. The third kappa shape index (κ3) is 2.84. The topological polar surface area (TPSA) is 0 Å². The van der Waals surface area contributed by atoms with Gasteiger partial charge < -0.3 is 0 Å². The first-order valence-corrected chi connectivity index (χ1v) is 8.37. The molecule has 0 amide bonds. The Morgan fingerprint density at radius 2 is 1.76 bits per heavy atom. The van der Waals surface area contributed by atoms with E-state index in [1.54, 1.807) is 11.1 Å². The lowest BCUT2D eigenvalue weighted by atomic mass is 9.93. The van der Waals surface area contributed by atoms with E-state index in [2.05, 4.69) is 26.0 Å². The summed E-state index contributed by atoms with van der Waals surface area (Å²) in [4.78, 5) is 0. The second-order valence-corrected chi connectivity index (χ2v) is 6.87. The van der Waals surface area contributed by atoms with Crippen LogP contribution in [-0.2, 0) is 19.3 Å². The molecule has 0 bridgehead atoms. The molecule has 0 aliphatic heterocycles. The van der Waals surface area contributed by atoms with Crippen LogP contribution in [0.2, 0.25) is 10.0 Å². The van der Waals surface area contributed by atoms with E-state index < -0.39 is 0 Å². The molecule has 110 valence electrons. The van der Waals surface area contributed by atoms with Crippen molar-refractivity contribution in [1.82, 2.24) is 0 Å². The van der Waals surface area contributed by atoms with Gasteiger partial charge in [0.25, 0.3) is 0 Å². The van der Waals surface area contributed by atoms with Crippen LogP contribution in [0.25, 0.3) is 0 Å². The number of fused-ring (bicyclic) bond motifs is 1. The highest BCUT2D eigenvalue weighted by Crippen LogP contribution is 2.36. The molecule has 0 saturated carbocycles. The minimum atomic E-state index is 0.714. The van der Waals surface area contributed by atoms with Gasteiger partial charge in [0.2, 0.25) is 0 Å². The van der Waals surface area contributed by atoms with Crippen molar-refractivity contribution in [3.05, 3.63) is 68.2 Å². The molecular weight excluding hydrogens is 299 g/mol. The van der Waals surface area contributed by atoms with Gasteiger partial charge in [-0.3, -0.25) is 0 Å². The number of aryl methyl sites for hydroxylation is 1. The minimum Gasteiger partial charge on any atom is -0.0840 e. The molecular formula is C19H20Cl2. The molecule has 0 spiro atoms. The molecule has 2 aromatic rings. The van der Waals surface area contributed by atoms with Crippen molar-refractivity contribution in [3.8, 4) is 0 Å². The molecule has 0 heterocycles. The van der Waals surface area contributed by atoms with Gasteiger partial charge in [0.15, 0.2) is 0 Å². The second kappa shape index (κ2) is 6.02. The Hall–Kier alpha value is -0.980. The monoisotopic (exact) mass is 318 g/mol. The van der Waals surface area contributed by atoms with E-state index in [1.165, 1.54) is 24.0 Å². The maximum atomic E-state index is 6.26. The molecule has 1 aliphatic rings. The van der Waals surface area contributed by atoms with Crippen molar-refractivity contribution in [1.29, 1.82) is 0 Å². The van der Waals surface area contributed by atoms with Crippen LogP contribution in [-0.4, -0.2) is 0 Å². The Morgan fingerprint density at radius 3 is 2.48 bits per heavy atom. The Bertz CT molecular complexity index is 653. The van der Waals surface area contributed by atoms with Gasteiger partial charge in [-0.15, -0.1) is 0 Å². The summed E-state index contributed by atoms with van der Waals surface area (Å²) >= 11 is 12.5. The zero-order chi connectivity index (χ0) is 15.0. The molecule has 0 fully saturated rings. The van der Waals surface area contributed by atoms with Crippen LogP contribution in [0.4, 0.5) is 0 Å². The van der Waals surface area contributed by atoms with Crippen LogP contribution in [0.15, 0.2) is 30.3 Å². The van der Waals surface area contributed by atoms with Gasteiger partial charge in [0, 0.05) is 10.0 Å². The SMILES string of the molecule is Cc1c(CCc2c(Cl)cccc2Cl)ccc2c1CCC2C. The van der Waals surface area contributed by atoms with E-state index in [9.17, 15) is 0 Å². The summed E-state index contributed by atoms with van der Waals surface area (Å²) in [6.07, 6.45) is 4.41. The van der Waals surface area contributed by atoms with Gasteiger partial charge in [-0.1, -0.05) is 48.3 Å². The van der Waals surface area contributed by atoms with Crippen molar-refractivity contribution >= 4 is 23.2 Å². The van der Waals surface area contributed by atoms with Crippen molar-refractivity contribution in [2.45, 2.75) is 45.4 Å². The summed E-state index contributed by atoms with van der Waals surface area (Å²) in [5.74, 6) is 0.714. The summed E-state index contributed by atoms with van der Waals surface area (Å²) in [5, 5.41) is 1.55. The lowest BCUT2D eigenvalue weighted by Gasteiger charge is -2.13. The minimum absolute atomic E-state index is 0.714. The first-order chi connectivity index (χ1) is 10.1. The molecule has 0 saturated heterocycles. The molecule has 0 aromatic heterocycles. The fraction of sp³-hybridized carbons (Fsp3) is 0.368. The Balaban J connectivity index is 1.84. The number of hydrogen-bond donors (Lipinski definition) is 0. The number of hydrogen-bond acceptors (Lipinski definition) is 0. The van der Waals surface area contributed by atoms with Crippen LogP contribution >= 0.6 is 23.2 Å². The van der Waals surface area contributed by atoms with E-state index in [0.717, 1.165) is 28.5 Å². The van der Waals surface area contributed by atoms with Crippen LogP contribution in [0, 0.1) is 6.92 Å². The lowest BCUT2D eigenvalue weighted by molar-refractivity contribution is 0.747. The summed E-state index contributed by atoms with van der Waals surface area (Å²) in [5.41, 5.74) is 7.09. The largest absolute Gasteiger partial charge is 0.0840 e. The standard InChI is InChI=1S/C19H20Cl2/c1-12-6-9-16-13(2)14(7-10-15(12)16)8-11-17-18(20)4-3-5-19(17)21/h3-5,7,10,12H,6,8-9,11H2,1-2H3. The highest BCUT2D eigenvalue weighted by atomic mass is 35.5. The van der Waals surface area contributed by atoms with E-state index in [-0.39, 0.29) is 0 Å². The van der Waals surface area contributed by atoms with E-state index >= 15 is 0 Å². The Labute approximate surface area is 137 Å². The smallest absolute Gasteiger partial charge is 0.0452 e. The molecule has 0 nitrogen and oxygen atoms in total. The first-order valence-electron chi connectivity index (χ1n) is 7.62. The van der Waals surface area contributed by atoms with Crippen LogP contribution < -0.4 is 0 Å². The molecule has 1 atom stereocenters. The van der Waals surface area contributed by atoms with E-state index in [0.29, 0.717) is 5.92 Å². The van der Waals surface area contributed by atoms with E-state index in [1.807, 2.05) is 18.2 Å². The predicted molar refractivity (Wildman–Crippen MR) is 91.8 cm³/mol. The lowest BCUT2D eigenvalue weighted by Crippen LogP contribution is -1.99. The molecule has 2 heteroatoms. The maximum absolute atomic E-state index is 6.26. The molecule has 0 radical (unpaired) electrons. The summed E-state index contributed by atoms with van der Waals surface area (Å²) in [6.45, 7) is 4.59. The molecule has 1 unspecified atom stereocenters. The predicted octanol–water partition coefficient (Wildman–Crippen LogP) is 6.14. The average molecular weight is 319 g/mol. The fourth-order valence-electron chi connectivity index (χ4n) is 3.44.